The van der Waals surface area contributed by atoms with Crippen molar-refractivity contribution in [3.05, 3.63) is 0 Å². The lowest BCUT2D eigenvalue weighted by Gasteiger charge is -2.17. The lowest BCUT2D eigenvalue weighted by atomic mass is 10.4. The van der Waals surface area contributed by atoms with Gasteiger partial charge in [0.15, 0.2) is 6.10 Å². The summed E-state index contributed by atoms with van der Waals surface area (Å²) in [6.07, 6.45) is -2.97. The molecule has 0 aromatic heterocycles. The van der Waals surface area contributed by atoms with Crippen molar-refractivity contribution in [3.63, 3.8) is 0 Å². The van der Waals surface area contributed by atoms with Gasteiger partial charge in [-0.05, 0) is 0 Å². The Balaban J connectivity index is 4.19. The van der Waals surface area contributed by atoms with Crippen LogP contribution in [0.5, 0.6) is 0 Å². The molecular weight excluding hydrogens is 246 g/mol. The molecule has 0 saturated carbocycles. The molecule has 0 aromatic carbocycles. The van der Waals surface area contributed by atoms with Crippen LogP contribution in [0.2, 0.25) is 0 Å². The van der Waals surface area contributed by atoms with Crippen LogP contribution < -0.4 is 16.0 Å². The van der Waals surface area contributed by atoms with Gasteiger partial charge in [-0.3, -0.25) is 0 Å². The number of amides is 3. The summed E-state index contributed by atoms with van der Waals surface area (Å²) in [5.41, 5.74) is 0. The number of carbonyl (C=O) groups is 3. The number of ether oxygens (including phenoxy) is 3. The Morgan fingerprint density at radius 3 is 1.56 bits per heavy atom. The quantitative estimate of drug-likeness (QED) is 0.572. The Labute approximate surface area is 104 Å². The van der Waals surface area contributed by atoms with E-state index in [0.717, 1.165) is 0 Å². The highest BCUT2D eigenvalue weighted by Crippen LogP contribution is 1.97. The van der Waals surface area contributed by atoms with Crippen molar-refractivity contribution in [1.29, 1.82) is 0 Å². The van der Waals surface area contributed by atoms with Gasteiger partial charge in [0.25, 0.3) is 0 Å². The summed E-state index contributed by atoms with van der Waals surface area (Å²) in [5, 5.41) is 6.68. The lowest BCUT2D eigenvalue weighted by molar-refractivity contribution is 0.00866. The smallest absolute Gasteiger partial charge is 0.407 e. The second kappa shape index (κ2) is 8.90. The lowest BCUT2D eigenvalue weighted by Crippen LogP contribution is -2.36. The maximum absolute atomic E-state index is 11.0. The Hall–Kier alpha value is -2.19. The fourth-order valence-electron chi connectivity index (χ4n) is 0.808. The van der Waals surface area contributed by atoms with E-state index >= 15 is 0 Å². The Morgan fingerprint density at radius 2 is 1.22 bits per heavy atom. The number of carbonyl (C=O) groups excluding carboxylic acids is 3. The molecule has 0 aromatic rings. The van der Waals surface area contributed by atoms with Gasteiger partial charge in [-0.1, -0.05) is 0 Å². The molecule has 0 atom stereocenters. The van der Waals surface area contributed by atoms with E-state index in [0.29, 0.717) is 0 Å². The van der Waals surface area contributed by atoms with Crippen LogP contribution >= 0.6 is 0 Å². The van der Waals surface area contributed by atoms with Crippen LogP contribution in [0.4, 0.5) is 14.4 Å². The first-order valence-electron chi connectivity index (χ1n) is 5.10. The summed E-state index contributed by atoms with van der Waals surface area (Å²) in [7, 11) is 4.15. The zero-order chi connectivity index (χ0) is 14.0. The normalized spacial score (nSPS) is 9.33. The molecule has 0 saturated heterocycles. The first kappa shape index (κ1) is 15.8. The van der Waals surface area contributed by atoms with E-state index in [9.17, 15) is 14.4 Å². The predicted octanol–water partition coefficient (Wildman–Crippen LogP) is -0.577. The number of hydrogen-bond acceptors (Lipinski definition) is 6. The van der Waals surface area contributed by atoms with Crippen LogP contribution in [-0.4, -0.2) is 58.7 Å². The summed E-state index contributed by atoms with van der Waals surface area (Å²) in [4.78, 5) is 32.7. The van der Waals surface area contributed by atoms with Gasteiger partial charge in [-0.2, -0.15) is 0 Å². The maximum atomic E-state index is 11.0. The van der Waals surface area contributed by atoms with Gasteiger partial charge >= 0.3 is 18.3 Å². The second-order valence-electron chi connectivity index (χ2n) is 2.97. The van der Waals surface area contributed by atoms with Gasteiger partial charge in [0.2, 0.25) is 0 Å². The first-order valence-corrected chi connectivity index (χ1v) is 5.10. The summed E-state index contributed by atoms with van der Waals surface area (Å²) in [6, 6.07) is 0. The van der Waals surface area contributed by atoms with Crippen LogP contribution in [0.15, 0.2) is 0 Å². The van der Waals surface area contributed by atoms with Gasteiger partial charge < -0.3 is 30.2 Å². The van der Waals surface area contributed by atoms with E-state index in [1.165, 1.54) is 21.1 Å². The fraction of sp³-hybridized carbons (Fsp3) is 0.667. The molecule has 0 rings (SSSR count). The van der Waals surface area contributed by atoms with Crippen molar-refractivity contribution in [2.45, 2.75) is 6.10 Å². The maximum Gasteiger partial charge on any atom is 0.407 e. The highest BCUT2D eigenvalue weighted by atomic mass is 16.6. The molecule has 0 aliphatic carbocycles. The van der Waals surface area contributed by atoms with Crippen molar-refractivity contribution in [2.24, 2.45) is 0 Å². The molecule has 0 bridgehead atoms. The molecule has 0 spiro atoms. The Morgan fingerprint density at radius 1 is 0.833 bits per heavy atom. The van der Waals surface area contributed by atoms with Crippen molar-refractivity contribution in [2.75, 3.05) is 34.4 Å². The zero-order valence-corrected chi connectivity index (χ0v) is 10.4. The van der Waals surface area contributed by atoms with Gasteiger partial charge in [-0.25, -0.2) is 14.4 Å². The second-order valence-corrected chi connectivity index (χ2v) is 2.97. The molecule has 0 unspecified atom stereocenters. The van der Waals surface area contributed by atoms with Gasteiger partial charge in [0.05, 0.1) is 0 Å². The summed E-state index contributed by atoms with van der Waals surface area (Å²) < 4.78 is 14.2. The Kier molecular flexibility index (Phi) is 7.82. The van der Waals surface area contributed by atoms with Crippen molar-refractivity contribution < 1.29 is 28.6 Å². The number of hydrogen-bond donors (Lipinski definition) is 3. The molecule has 0 aliphatic rings. The molecule has 0 radical (unpaired) electrons. The average Bonchev–Trinajstić information content (AvgIpc) is 2.40. The molecule has 0 aliphatic heterocycles. The largest absolute Gasteiger partial charge is 0.445 e. The minimum Gasteiger partial charge on any atom is -0.445 e. The summed E-state index contributed by atoms with van der Waals surface area (Å²) in [6.45, 7) is -0.464. The number of rotatable bonds is 5. The number of alkyl carbamates (subject to hydrolysis) is 3. The van der Waals surface area contributed by atoms with Gasteiger partial charge in [-0.15, -0.1) is 0 Å². The average molecular weight is 263 g/mol. The first-order chi connectivity index (χ1) is 8.53. The third-order valence-corrected chi connectivity index (χ3v) is 1.69. The molecule has 3 N–H and O–H groups in total. The highest BCUT2D eigenvalue weighted by Gasteiger charge is 2.18. The molecule has 9 heteroatoms. The molecule has 0 heterocycles. The van der Waals surface area contributed by atoms with Crippen molar-refractivity contribution in [1.82, 2.24) is 16.0 Å². The monoisotopic (exact) mass is 263 g/mol. The van der Waals surface area contributed by atoms with Gasteiger partial charge in [0, 0.05) is 21.1 Å². The Bertz CT molecular complexity index is 276. The van der Waals surface area contributed by atoms with Crippen molar-refractivity contribution >= 4 is 18.3 Å². The minimum absolute atomic E-state index is 0.232. The third-order valence-electron chi connectivity index (χ3n) is 1.69. The van der Waals surface area contributed by atoms with Crippen LogP contribution in [0.3, 0.4) is 0 Å². The molecule has 104 valence electrons. The third kappa shape index (κ3) is 7.14. The molecule has 9 nitrogen and oxygen atoms in total. The highest BCUT2D eigenvalue weighted by molar-refractivity contribution is 5.68. The van der Waals surface area contributed by atoms with E-state index in [4.69, 9.17) is 14.2 Å². The fourth-order valence-corrected chi connectivity index (χ4v) is 0.808. The minimum atomic E-state index is -0.889. The standard InChI is InChI=1S/C9H17N3O6/c1-10-7(13)16-4-6(18-9(15)12-3)5-17-8(14)11-2/h6H,4-5H2,1-3H3,(H,10,13)(H,11,14)(H,12,15). The van der Waals surface area contributed by atoms with Crippen LogP contribution in [0.25, 0.3) is 0 Å². The van der Waals surface area contributed by atoms with E-state index in [1.807, 2.05) is 0 Å². The van der Waals surface area contributed by atoms with Crippen LogP contribution in [-0.2, 0) is 14.2 Å². The summed E-state index contributed by atoms with van der Waals surface area (Å²) >= 11 is 0. The van der Waals surface area contributed by atoms with Crippen LogP contribution in [0, 0.1) is 0 Å². The van der Waals surface area contributed by atoms with E-state index in [2.05, 4.69) is 16.0 Å². The predicted molar refractivity (Wildman–Crippen MR) is 60.1 cm³/mol. The van der Waals surface area contributed by atoms with E-state index < -0.39 is 24.4 Å². The molecular formula is C9H17N3O6. The molecule has 18 heavy (non-hydrogen) atoms. The SMILES string of the molecule is CNC(=O)OCC(COC(=O)NC)OC(=O)NC. The molecule has 0 fully saturated rings. The van der Waals surface area contributed by atoms with E-state index in [-0.39, 0.29) is 13.2 Å². The topological polar surface area (TPSA) is 115 Å². The molecule has 3 amide bonds. The zero-order valence-electron chi connectivity index (χ0n) is 10.4. The van der Waals surface area contributed by atoms with E-state index in [1.54, 1.807) is 0 Å². The summed E-state index contributed by atoms with van der Waals surface area (Å²) in [5.74, 6) is 0. The number of nitrogens with one attached hydrogen (secondary N) is 3. The van der Waals surface area contributed by atoms with Crippen LogP contribution in [0.1, 0.15) is 0 Å². The van der Waals surface area contributed by atoms with Gasteiger partial charge in [0.1, 0.15) is 13.2 Å². The van der Waals surface area contributed by atoms with Crippen molar-refractivity contribution in [3.8, 4) is 0 Å².